The molecule has 0 unspecified atom stereocenters. The summed E-state index contributed by atoms with van der Waals surface area (Å²) in [6.07, 6.45) is 3.70. The lowest BCUT2D eigenvalue weighted by molar-refractivity contribution is -0.156. The molecule has 1 aliphatic heterocycles. The Balaban J connectivity index is 1.93. The first-order chi connectivity index (χ1) is 17.4. The highest BCUT2D eigenvalue weighted by atomic mass is 32.1. The van der Waals surface area contributed by atoms with Crippen molar-refractivity contribution in [1.29, 1.82) is 0 Å². The molecule has 0 fully saturated rings. The zero-order valence-corrected chi connectivity index (χ0v) is 23.9. The topological polar surface area (TPSA) is 96.7 Å². The smallest absolute Gasteiger partial charge is 0.309 e. The van der Waals surface area contributed by atoms with E-state index in [1.165, 1.54) is 5.57 Å². The molecule has 0 radical (unpaired) electrons. The van der Waals surface area contributed by atoms with Crippen LogP contribution in [0, 0.1) is 24.2 Å². The Morgan fingerprint density at radius 3 is 2.62 bits per heavy atom. The number of esters is 1. The van der Waals surface area contributed by atoms with E-state index in [2.05, 4.69) is 18.0 Å². The number of Topliss-reactive ketones (excluding diaryl/α,β-unsaturated/α-hetero) is 1. The Morgan fingerprint density at radius 1 is 1.19 bits per heavy atom. The number of benzene rings is 1. The number of carbonyl (C=O) groups excluding carboxylic acids is 2. The summed E-state index contributed by atoms with van der Waals surface area (Å²) in [5.74, 6) is -1.36. The number of thiazole rings is 1. The van der Waals surface area contributed by atoms with Crippen molar-refractivity contribution >= 4 is 33.3 Å². The van der Waals surface area contributed by atoms with E-state index in [4.69, 9.17) is 4.74 Å². The molecule has 0 saturated heterocycles. The number of allylic oxidation sites excluding steroid dienone is 1. The largest absolute Gasteiger partial charge is 0.457 e. The van der Waals surface area contributed by atoms with Crippen LogP contribution >= 0.6 is 11.3 Å². The van der Waals surface area contributed by atoms with Crippen LogP contribution in [0.3, 0.4) is 0 Å². The molecule has 1 aromatic carbocycles. The van der Waals surface area contributed by atoms with Gasteiger partial charge >= 0.3 is 5.97 Å². The lowest BCUT2D eigenvalue weighted by Crippen LogP contribution is -2.46. The number of ether oxygens (including phenoxy) is 1. The summed E-state index contributed by atoms with van der Waals surface area (Å²) in [6.45, 7) is 11.4. The summed E-state index contributed by atoms with van der Waals surface area (Å²) in [4.78, 5) is 31.2. The zero-order chi connectivity index (χ0) is 27.3. The first kappa shape index (κ1) is 29.5. The van der Waals surface area contributed by atoms with Crippen LogP contribution in [0.15, 0.2) is 29.8 Å². The minimum atomic E-state index is -1.22. The number of cyclic esters (lactones) is 1. The molecule has 0 amide bonds. The fraction of sp³-hybridized carbons (Fsp3) is 0.633. The molecular formula is C30H43NO5S. The van der Waals surface area contributed by atoms with Crippen LogP contribution in [0.1, 0.15) is 96.2 Å². The molecule has 0 aliphatic carbocycles. The number of carbonyl (C=O) groups is 2. The second kappa shape index (κ2) is 12.6. The fourth-order valence-corrected chi connectivity index (χ4v) is 6.03. The first-order valence-corrected chi connectivity index (χ1v) is 14.4. The summed E-state index contributed by atoms with van der Waals surface area (Å²) in [5, 5.41) is 23.1. The molecule has 6 nitrogen and oxygen atoms in total. The normalized spacial score (nSPS) is 28.6. The maximum absolute atomic E-state index is 13.6. The maximum atomic E-state index is 13.6. The number of nitrogens with zero attached hydrogens (tertiary/aromatic N) is 1. The molecule has 0 spiro atoms. The van der Waals surface area contributed by atoms with Crippen molar-refractivity contribution in [2.75, 3.05) is 0 Å². The maximum Gasteiger partial charge on any atom is 0.309 e. The molecule has 1 aromatic heterocycles. The van der Waals surface area contributed by atoms with Crippen LogP contribution in [0.4, 0.5) is 0 Å². The van der Waals surface area contributed by atoms with E-state index >= 15 is 0 Å². The molecule has 5 atom stereocenters. The first-order valence-electron chi connectivity index (χ1n) is 13.6. The van der Waals surface area contributed by atoms with Crippen molar-refractivity contribution in [2.45, 2.75) is 105 Å². The number of ketones is 1. The van der Waals surface area contributed by atoms with Gasteiger partial charge in [0.05, 0.1) is 39.3 Å². The number of aliphatic hydroxyl groups is 2. The van der Waals surface area contributed by atoms with Crippen molar-refractivity contribution in [3.05, 3.63) is 40.4 Å². The summed E-state index contributed by atoms with van der Waals surface area (Å²) < 4.78 is 7.01. The van der Waals surface area contributed by atoms with E-state index in [1.54, 1.807) is 25.2 Å². The minimum absolute atomic E-state index is 0.0415. The highest BCUT2D eigenvalue weighted by molar-refractivity contribution is 7.18. The van der Waals surface area contributed by atoms with Gasteiger partial charge in [-0.15, -0.1) is 11.3 Å². The monoisotopic (exact) mass is 529 g/mol. The highest BCUT2D eigenvalue weighted by Gasteiger charge is 2.43. The van der Waals surface area contributed by atoms with Gasteiger partial charge in [0.15, 0.2) is 0 Å². The van der Waals surface area contributed by atoms with Crippen molar-refractivity contribution in [3.8, 4) is 0 Å². The van der Waals surface area contributed by atoms with Gasteiger partial charge in [-0.3, -0.25) is 9.59 Å². The third-order valence-electron chi connectivity index (χ3n) is 7.83. The van der Waals surface area contributed by atoms with Gasteiger partial charge in [-0.2, -0.15) is 0 Å². The minimum Gasteiger partial charge on any atom is -0.457 e. The van der Waals surface area contributed by atoms with Gasteiger partial charge < -0.3 is 14.9 Å². The number of aliphatic hydroxyl groups excluding tert-OH is 2. The molecule has 204 valence electrons. The van der Waals surface area contributed by atoms with E-state index in [1.807, 2.05) is 39.0 Å². The molecule has 2 N–H and O–H groups in total. The van der Waals surface area contributed by atoms with Gasteiger partial charge in [0.2, 0.25) is 0 Å². The average Bonchev–Trinajstić information content (AvgIpc) is 3.22. The highest BCUT2D eigenvalue weighted by Crippen LogP contribution is 2.35. The number of hydrogen-bond donors (Lipinski definition) is 2. The predicted octanol–water partition coefficient (Wildman–Crippen LogP) is 6.47. The summed E-state index contributed by atoms with van der Waals surface area (Å²) >= 11 is 1.63. The van der Waals surface area contributed by atoms with E-state index in [-0.39, 0.29) is 18.1 Å². The third-order valence-corrected chi connectivity index (χ3v) is 8.79. The average molecular weight is 530 g/mol. The Bertz CT molecular complexity index is 1120. The molecule has 3 rings (SSSR count). The molecule has 2 heterocycles. The van der Waals surface area contributed by atoms with Gasteiger partial charge in [-0.25, -0.2) is 4.98 Å². The molecular weight excluding hydrogens is 486 g/mol. The van der Waals surface area contributed by atoms with Gasteiger partial charge in [0.1, 0.15) is 11.9 Å². The summed E-state index contributed by atoms with van der Waals surface area (Å²) in [5.41, 5.74) is 1.74. The molecule has 0 bridgehead atoms. The van der Waals surface area contributed by atoms with Crippen molar-refractivity contribution in [3.63, 3.8) is 0 Å². The zero-order valence-electron chi connectivity index (χ0n) is 23.1. The summed E-state index contributed by atoms with van der Waals surface area (Å²) in [7, 11) is 0. The predicted molar refractivity (Wildman–Crippen MR) is 148 cm³/mol. The SMILES string of the molecule is CCC[C@H]1C(=O)C(C)(C)[C@@H](O)CC(=O)O[C@H](c2ccc3sc(C)nc3c2)CC=C(C)CCC[C@H](C)[C@@H]1O. The molecule has 2 aromatic rings. The fourth-order valence-electron chi connectivity index (χ4n) is 5.22. The van der Waals surface area contributed by atoms with Crippen LogP contribution in [-0.2, 0) is 14.3 Å². The van der Waals surface area contributed by atoms with Crippen molar-refractivity contribution in [2.24, 2.45) is 17.3 Å². The summed E-state index contributed by atoms with van der Waals surface area (Å²) in [6, 6.07) is 5.96. The second-order valence-corrected chi connectivity index (χ2v) is 12.5. The van der Waals surface area contributed by atoms with E-state index in [0.717, 1.165) is 46.5 Å². The Morgan fingerprint density at radius 2 is 1.92 bits per heavy atom. The number of hydrogen-bond acceptors (Lipinski definition) is 7. The lowest BCUT2D eigenvalue weighted by Gasteiger charge is -2.36. The second-order valence-electron chi connectivity index (χ2n) is 11.3. The third kappa shape index (κ3) is 7.27. The number of aryl methyl sites for hydroxylation is 1. The van der Waals surface area contributed by atoms with Gasteiger partial charge in [0, 0.05) is 12.3 Å². The Hall–Kier alpha value is -2.09. The van der Waals surface area contributed by atoms with Gasteiger partial charge in [-0.1, -0.05) is 51.8 Å². The van der Waals surface area contributed by atoms with Crippen LogP contribution in [0.2, 0.25) is 0 Å². The van der Waals surface area contributed by atoms with Crippen LogP contribution in [0.25, 0.3) is 10.2 Å². The molecule has 37 heavy (non-hydrogen) atoms. The molecule has 1 aliphatic rings. The number of rotatable bonds is 3. The van der Waals surface area contributed by atoms with Crippen molar-refractivity contribution in [1.82, 2.24) is 4.98 Å². The van der Waals surface area contributed by atoms with E-state index in [9.17, 15) is 19.8 Å². The van der Waals surface area contributed by atoms with E-state index < -0.39 is 35.6 Å². The quantitative estimate of drug-likeness (QED) is 0.349. The lowest BCUT2D eigenvalue weighted by atomic mass is 9.71. The van der Waals surface area contributed by atoms with Gasteiger partial charge in [0.25, 0.3) is 0 Å². The number of aromatic nitrogens is 1. The van der Waals surface area contributed by atoms with Crippen LogP contribution in [0.5, 0.6) is 0 Å². The van der Waals surface area contributed by atoms with Crippen molar-refractivity contribution < 1.29 is 24.5 Å². The number of fused-ring (bicyclic) bond motifs is 1. The van der Waals surface area contributed by atoms with Crippen LogP contribution in [-0.4, -0.2) is 39.2 Å². The van der Waals surface area contributed by atoms with Crippen LogP contribution < -0.4 is 0 Å². The Kier molecular flexibility index (Phi) is 10.1. The molecule has 7 heteroatoms. The Labute approximate surface area is 225 Å². The standard InChI is InChI=1S/C30H43NO5S/c1-7-9-22-28(34)19(3)11-8-10-18(2)12-14-24(21-13-15-25-23(16-21)31-20(4)37-25)36-27(33)17-26(32)30(5,6)29(22)35/h12-13,15-16,19,22,24,26,28,32,34H,7-11,14,17H2,1-6H3/t19-,22+,24-,26-,28-/m0/s1. The molecule has 0 saturated carbocycles. The van der Waals surface area contributed by atoms with Gasteiger partial charge in [-0.05, 0) is 63.1 Å². The van der Waals surface area contributed by atoms with E-state index in [0.29, 0.717) is 12.8 Å².